The number of hydrogen-bond donors (Lipinski definition) is 0. The minimum atomic E-state index is -0.823. The number of esters is 1. The Labute approximate surface area is 253 Å². The molecular formula is C33H34F2N4O5. The molecule has 0 amide bonds. The molecule has 2 aliphatic rings. The highest BCUT2D eigenvalue weighted by Crippen LogP contribution is 2.30. The number of ketones is 1. The van der Waals surface area contributed by atoms with E-state index in [2.05, 4.69) is 14.5 Å². The van der Waals surface area contributed by atoms with Crippen molar-refractivity contribution in [3.63, 3.8) is 0 Å². The molecule has 2 aromatic carbocycles. The molecule has 2 saturated heterocycles. The fourth-order valence-corrected chi connectivity index (χ4v) is 5.79. The number of carbonyl (C=O) groups is 2. The molecule has 1 unspecified atom stereocenters. The molecule has 0 N–H and O–H groups in total. The van der Waals surface area contributed by atoms with Crippen molar-refractivity contribution in [1.29, 1.82) is 0 Å². The second kappa shape index (κ2) is 12.8. The Morgan fingerprint density at radius 3 is 2.41 bits per heavy atom. The van der Waals surface area contributed by atoms with Gasteiger partial charge in [0.1, 0.15) is 24.1 Å². The number of hydrogen-bond acceptors (Lipinski definition) is 8. The van der Waals surface area contributed by atoms with Crippen molar-refractivity contribution in [2.45, 2.75) is 57.9 Å². The molecule has 0 spiro atoms. The van der Waals surface area contributed by atoms with E-state index in [9.17, 15) is 18.4 Å². The highest BCUT2D eigenvalue weighted by molar-refractivity contribution is 5.94. The standard InChI is InChI=1S/C33H34F2N4O5/c1-20(40)23-14-26(34)25(27(35)15-23)19-44-32-5-3-4-28(37-32)21-8-11-38(12-9-21)18-31-36-29-7-6-22(33(41)42-2)16-30(29)39(31)17-24-10-13-43-24/h3-7,14-16,21,24H,8-13,17-19H2,1-2H3. The number of fused-ring (bicyclic) bond motifs is 1. The molecule has 2 fully saturated rings. The third kappa shape index (κ3) is 6.34. The molecule has 11 heteroatoms. The van der Waals surface area contributed by atoms with E-state index < -0.39 is 17.4 Å². The van der Waals surface area contributed by atoms with Gasteiger partial charge in [-0.1, -0.05) is 6.07 Å². The van der Waals surface area contributed by atoms with Gasteiger partial charge in [-0.3, -0.25) is 9.69 Å². The minimum absolute atomic E-state index is 0.0208. The van der Waals surface area contributed by atoms with Gasteiger partial charge in [0.05, 0.1) is 48.5 Å². The summed E-state index contributed by atoms with van der Waals surface area (Å²) in [6.45, 7) is 4.71. The summed E-state index contributed by atoms with van der Waals surface area (Å²) in [5, 5.41) is 0. The zero-order chi connectivity index (χ0) is 30.8. The maximum absolute atomic E-state index is 14.4. The summed E-state index contributed by atoms with van der Waals surface area (Å²) >= 11 is 0. The van der Waals surface area contributed by atoms with Gasteiger partial charge in [0.15, 0.2) is 5.78 Å². The van der Waals surface area contributed by atoms with Crippen LogP contribution < -0.4 is 4.74 Å². The predicted octanol–water partition coefficient (Wildman–Crippen LogP) is 5.45. The van der Waals surface area contributed by atoms with E-state index in [1.54, 1.807) is 12.1 Å². The van der Waals surface area contributed by atoms with E-state index in [-0.39, 0.29) is 41.6 Å². The maximum atomic E-state index is 14.4. The number of likely N-dealkylation sites (tertiary alicyclic amines) is 1. The monoisotopic (exact) mass is 604 g/mol. The van der Waals surface area contributed by atoms with Crippen molar-refractivity contribution >= 4 is 22.8 Å². The number of pyridine rings is 1. The number of imidazole rings is 1. The topological polar surface area (TPSA) is 95.8 Å². The maximum Gasteiger partial charge on any atom is 0.337 e. The van der Waals surface area contributed by atoms with Gasteiger partial charge in [0.25, 0.3) is 0 Å². The van der Waals surface area contributed by atoms with Crippen LogP contribution in [0.1, 0.15) is 69.9 Å². The fourth-order valence-electron chi connectivity index (χ4n) is 5.79. The predicted molar refractivity (Wildman–Crippen MR) is 158 cm³/mol. The molecule has 2 aliphatic heterocycles. The molecular weight excluding hydrogens is 570 g/mol. The molecule has 0 saturated carbocycles. The summed E-state index contributed by atoms with van der Waals surface area (Å²) in [6, 6.07) is 12.9. The van der Waals surface area contributed by atoms with Gasteiger partial charge in [-0.15, -0.1) is 0 Å². The number of carbonyl (C=O) groups excluding carboxylic acids is 2. The van der Waals surface area contributed by atoms with E-state index in [1.165, 1.54) is 14.0 Å². The van der Waals surface area contributed by atoms with Crippen molar-refractivity contribution in [3.05, 3.63) is 88.4 Å². The van der Waals surface area contributed by atoms with Gasteiger partial charge >= 0.3 is 5.97 Å². The van der Waals surface area contributed by atoms with Crippen LogP contribution in [-0.2, 0) is 29.2 Å². The molecule has 6 rings (SSSR count). The molecule has 9 nitrogen and oxygen atoms in total. The second-order valence-corrected chi connectivity index (χ2v) is 11.3. The lowest BCUT2D eigenvalue weighted by Crippen LogP contribution is -2.35. The second-order valence-electron chi connectivity index (χ2n) is 11.3. The van der Waals surface area contributed by atoms with Crippen molar-refractivity contribution in [2.75, 3.05) is 26.8 Å². The number of nitrogens with zero attached hydrogens (tertiary/aromatic N) is 4. The zero-order valence-corrected chi connectivity index (χ0v) is 24.7. The Hall–Kier alpha value is -4.22. The van der Waals surface area contributed by atoms with E-state index in [0.717, 1.165) is 73.6 Å². The number of ether oxygens (including phenoxy) is 3. The first-order valence-corrected chi connectivity index (χ1v) is 14.8. The number of aromatic nitrogens is 3. The number of Topliss-reactive ketones (excluding diaryl/α,β-unsaturated/α-hetero) is 1. The molecule has 1 atom stereocenters. The number of methoxy groups -OCH3 is 1. The van der Waals surface area contributed by atoms with Crippen molar-refractivity contribution in [3.8, 4) is 5.88 Å². The first-order valence-electron chi connectivity index (χ1n) is 14.8. The van der Waals surface area contributed by atoms with Crippen LogP contribution in [0.5, 0.6) is 5.88 Å². The largest absolute Gasteiger partial charge is 0.473 e. The number of rotatable bonds is 10. The average molecular weight is 605 g/mol. The van der Waals surface area contributed by atoms with Crippen LogP contribution in [0, 0.1) is 11.6 Å². The third-order valence-corrected chi connectivity index (χ3v) is 8.46. The Morgan fingerprint density at radius 1 is 1.00 bits per heavy atom. The third-order valence-electron chi connectivity index (χ3n) is 8.46. The highest BCUT2D eigenvalue weighted by Gasteiger charge is 2.26. The molecule has 4 heterocycles. The molecule has 4 aromatic rings. The zero-order valence-electron chi connectivity index (χ0n) is 24.7. The smallest absolute Gasteiger partial charge is 0.337 e. The van der Waals surface area contributed by atoms with Crippen LogP contribution in [0.4, 0.5) is 8.78 Å². The van der Waals surface area contributed by atoms with Crippen molar-refractivity contribution < 1.29 is 32.6 Å². The first-order chi connectivity index (χ1) is 21.3. The van der Waals surface area contributed by atoms with Gasteiger partial charge < -0.3 is 18.8 Å². The van der Waals surface area contributed by atoms with Gasteiger partial charge in [-0.25, -0.2) is 23.5 Å². The lowest BCUT2D eigenvalue weighted by atomic mass is 9.93. The van der Waals surface area contributed by atoms with Crippen LogP contribution in [0.3, 0.4) is 0 Å². The molecule has 0 aliphatic carbocycles. The Balaban J connectivity index is 1.11. The van der Waals surface area contributed by atoms with Crippen molar-refractivity contribution in [1.82, 2.24) is 19.4 Å². The van der Waals surface area contributed by atoms with Crippen LogP contribution in [0.25, 0.3) is 11.0 Å². The average Bonchev–Trinajstić information content (AvgIpc) is 3.34. The number of piperidine rings is 1. The first kappa shape index (κ1) is 29.8. The summed E-state index contributed by atoms with van der Waals surface area (Å²) in [6.07, 6.45) is 2.88. The number of benzene rings is 2. The van der Waals surface area contributed by atoms with Crippen LogP contribution in [-0.4, -0.2) is 64.1 Å². The Kier molecular flexibility index (Phi) is 8.67. The van der Waals surface area contributed by atoms with Gasteiger partial charge in [-0.2, -0.15) is 0 Å². The molecule has 0 radical (unpaired) electrons. The van der Waals surface area contributed by atoms with Crippen molar-refractivity contribution in [2.24, 2.45) is 0 Å². The van der Waals surface area contributed by atoms with Crippen LogP contribution in [0.15, 0.2) is 48.5 Å². The quantitative estimate of drug-likeness (QED) is 0.174. The summed E-state index contributed by atoms with van der Waals surface area (Å²) in [4.78, 5) is 35.6. The summed E-state index contributed by atoms with van der Waals surface area (Å²) in [7, 11) is 1.37. The molecule has 230 valence electrons. The Morgan fingerprint density at radius 2 is 1.75 bits per heavy atom. The summed E-state index contributed by atoms with van der Waals surface area (Å²) in [5.74, 6) is -1.01. The normalized spacial score (nSPS) is 17.4. The number of halogens is 2. The molecule has 2 aromatic heterocycles. The van der Waals surface area contributed by atoms with E-state index in [4.69, 9.17) is 19.2 Å². The lowest BCUT2D eigenvalue weighted by molar-refractivity contribution is -0.0592. The molecule has 0 bridgehead atoms. The van der Waals surface area contributed by atoms with Gasteiger partial charge in [0, 0.05) is 29.8 Å². The van der Waals surface area contributed by atoms with Gasteiger partial charge in [0.2, 0.25) is 5.88 Å². The van der Waals surface area contributed by atoms with Gasteiger partial charge in [-0.05, 0) is 75.7 Å². The highest BCUT2D eigenvalue weighted by atomic mass is 19.1. The summed E-state index contributed by atoms with van der Waals surface area (Å²) in [5.41, 5.74) is 2.82. The minimum Gasteiger partial charge on any atom is -0.473 e. The lowest BCUT2D eigenvalue weighted by Gasteiger charge is -2.32. The Bertz CT molecular complexity index is 1670. The van der Waals surface area contributed by atoms with E-state index >= 15 is 0 Å². The SMILES string of the molecule is COC(=O)c1ccc2nc(CN3CCC(c4cccc(OCc5c(F)cc(C(C)=O)cc5F)n4)CC3)n(CC3CCO3)c2c1. The van der Waals surface area contributed by atoms with Crippen LogP contribution >= 0.6 is 0 Å². The summed E-state index contributed by atoms with van der Waals surface area (Å²) < 4.78 is 47.4. The molecule has 44 heavy (non-hydrogen) atoms. The van der Waals surface area contributed by atoms with Crippen LogP contribution in [0.2, 0.25) is 0 Å². The van der Waals surface area contributed by atoms with E-state index in [1.807, 2.05) is 24.3 Å². The fraction of sp³-hybridized carbons (Fsp3) is 0.394. The van der Waals surface area contributed by atoms with E-state index in [0.29, 0.717) is 18.7 Å².